The average Bonchev–Trinajstić information content (AvgIpc) is 3.30. The van der Waals surface area contributed by atoms with E-state index in [2.05, 4.69) is 27.6 Å². The van der Waals surface area contributed by atoms with Gasteiger partial charge in [0.25, 0.3) is 5.56 Å². The first kappa shape index (κ1) is 30.8. The highest BCUT2D eigenvalue weighted by Gasteiger charge is 2.33. The molecule has 5 rings (SSSR count). The molecule has 3 aromatic carbocycles. The molecule has 0 fully saturated rings. The number of rotatable bonds is 9. The summed E-state index contributed by atoms with van der Waals surface area (Å²) in [7, 11) is 3.15. The van der Waals surface area contributed by atoms with Gasteiger partial charge in [0.1, 0.15) is 12.4 Å². The Kier molecular flexibility index (Phi) is 9.58. The van der Waals surface area contributed by atoms with E-state index < -0.39 is 12.0 Å². The fraction of sp³-hybridized carbons (Fsp3) is 0.219. The lowest BCUT2D eigenvalue weighted by Crippen LogP contribution is -2.39. The number of allylic oxidation sites excluding steroid dienone is 1. The van der Waals surface area contributed by atoms with Gasteiger partial charge < -0.3 is 18.9 Å². The standard InChI is InChI=1S/C32H28ClIN2O6S/c1-5-41-31(38)27-18(2)35-32-36(28(27)20-10-12-22(39-3)13-11-20)30(37)26(43-32)16-19-14-24(34)29(25(15-19)40-4)42-17-21-8-6-7-9-23(21)33/h6-16,28H,5,17H2,1-4H3/b26-16+/t28-/m0/s1. The minimum Gasteiger partial charge on any atom is -0.497 e. The van der Waals surface area contributed by atoms with Gasteiger partial charge in [0.05, 0.1) is 46.2 Å². The molecule has 0 spiro atoms. The fourth-order valence-corrected chi connectivity index (χ4v) is 6.79. The molecular formula is C32H28ClIN2O6S. The van der Waals surface area contributed by atoms with Crippen LogP contribution >= 0.6 is 45.5 Å². The van der Waals surface area contributed by atoms with Crippen LogP contribution in [0.1, 0.15) is 36.6 Å². The number of fused-ring (bicyclic) bond motifs is 1. The zero-order valence-electron chi connectivity index (χ0n) is 23.9. The molecule has 0 unspecified atom stereocenters. The minimum absolute atomic E-state index is 0.202. The smallest absolute Gasteiger partial charge is 0.338 e. The van der Waals surface area contributed by atoms with Crippen molar-refractivity contribution in [2.75, 3.05) is 20.8 Å². The van der Waals surface area contributed by atoms with Crippen LogP contribution in [0.4, 0.5) is 0 Å². The molecule has 8 nitrogen and oxygen atoms in total. The van der Waals surface area contributed by atoms with Crippen LogP contribution in [0.2, 0.25) is 5.02 Å². The quantitative estimate of drug-likeness (QED) is 0.164. The Bertz CT molecular complexity index is 1900. The SMILES string of the molecule is CCOC(=O)C1=C(C)N=c2s/c(=C/c3cc(I)c(OCc4ccccc4Cl)c(OC)c3)c(=O)n2[C@H]1c1ccc(OC)cc1. The molecule has 0 saturated heterocycles. The number of esters is 1. The maximum absolute atomic E-state index is 14.0. The Morgan fingerprint density at radius 1 is 1.12 bits per heavy atom. The number of thiazole rings is 1. The number of carbonyl (C=O) groups is 1. The second-order valence-corrected chi connectivity index (χ2v) is 12.1. The zero-order chi connectivity index (χ0) is 30.7. The van der Waals surface area contributed by atoms with Gasteiger partial charge in [0.15, 0.2) is 16.3 Å². The van der Waals surface area contributed by atoms with E-state index in [4.69, 9.17) is 30.5 Å². The Balaban J connectivity index is 1.58. The van der Waals surface area contributed by atoms with Crippen LogP contribution in [0, 0.1) is 3.57 Å². The van der Waals surface area contributed by atoms with Gasteiger partial charge in [0, 0.05) is 10.6 Å². The third-order valence-electron chi connectivity index (χ3n) is 6.83. The second-order valence-electron chi connectivity index (χ2n) is 9.49. The van der Waals surface area contributed by atoms with Gasteiger partial charge in [-0.15, -0.1) is 0 Å². The normalized spacial score (nSPS) is 14.7. The number of methoxy groups -OCH3 is 2. The highest BCUT2D eigenvalue weighted by atomic mass is 127. The largest absolute Gasteiger partial charge is 0.497 e. The molecule has 2 heterocycles. The lowest BCUT2D eigenvalue weighted by Gasteiger charge is -2.24. The number of hydrogen-bond acceptors (Lipinski definition) is 8. The molecule has 1 atom stereocenters. The molecule has 0 radical (unpaired) electrons. The van der Waals surface area contributed by atoms with Crippen molar-refractivity contribution in [3.05, 3.63) is 117 Å². The van der Waals surface area contributed by atoms with Crippen LogP contribution in [-0.2, 0) is 16.1 Å². The van der Waals surface area contributed by atoms with E-state index in [1.807, 2.05) is 48.5 Å². The highest BCUT2D eigenvalue weighted by molar-refractivity contribution is 14.1. The number of ether oxygens (including phenoxy) is 4. The average molecular weight is 731 g/mol. The molecule has 0 N–H and O–H groups in total. The maximum atomic E-state index is 14.0. The number of benzene rings is 3. The maximum Gasteiger partial charge on any atom is 0.338 e. The third kappa shape index (κ3) is 6.36. The van der Waals surface area contributed by atoms with Crippen LogP contribution in [0.15, 0.2) is 81.7 Å². The molecule has 1 aliphatic rings. The summed E-state index contributed by atoms with van der Waals surface area (Å²) in [6.07, 6.45) is 1.79. The van der Waals surface area contributed by atoms with E-state index in [0.29, 0.717) is 42.9 Å². The van der Waals surface area contributed by atoms with Gasteiger partial charge in [-0.3, -0.25) is 9.36 Å². The zero-order valence-corrected chi connectivity index (χ0v) is 27.6. The Morgan fingerprint density at radius 3 is 2.53 bits per heavy atom. The number of nitrogens with zero attached hydrogens (tertiary/aromatic N) is 2. The van der Waals surface area contributed by atoms with Crippen molar-refractivity contribution in [3.63, 3.8) is 0 Å². The first-order valence-electron chi connectivity index (χ1n) is 13.3. The summed E-state index contributed by atoms with van der Waals surface area (Å²) in [5, 5.41) is 0.623. The van der Waals surface area contributed by atoms with E-state index in [1.165, 1.54) is 11.3 Å². The van der Waals surface area contributed by atoms with E-state index >= 15 is 0 Å². The van der Waals surface area contributed by atoms with Crippen molar-refractivity contribution in [1.29, 1.82) is 0 Å². The van der Waals surface area contributed by atoms with Gasteiger partial charge in [-0.1, -0.05) is 53.3 Å². The van der Waals surface area contributed by atoms with Crippen molar-refractivity contribution in [3.8, 4) is 17.2 Å². The highest BCUT2D eigenvalue weighted by Crippen LogP contribution is 2.35. The predicted molar refractivity (Wildman–Crippen MR) is 175 cm³/mol. The van der Waals surface area contributed by atoms with Crippen molar-refractivity contribution in [1.82, 2.24) is 4.57 Å². The Morgan fingerprint density at radius 2 is 1.86 bits per heavy atom. The van der Waals surface area contributed by atoms with Gasteiger partial charge in [-0.25, -0.2) is 9.79 Å². The van der Waals surface area contributed by atoms with E-state index in [-0.39, 0.29) is 18.8 Å². The number of carbonyl (C=O) groups excluding carboxylic acids is 1. The number of halogens is 2. The summed E-state index contributed by atoms with van der Waals surface area (Å²) in [6.45, 7) is 3.98. The lowest BCUT2D eigenvalue weighted by molar-refractivity contribution is -0.139. The molecule has 0 amide bonds. The van der Waals surface area contributed by atoms with Crippen molar-refractivity contribution in [2.45, 2.75) is 26.5 Å². The van der Waals surface area contributed by atoms with E-state index in [1.54, 1.807) is 50.8 Å². The molecule has 43 heavy (non-hydrogen) atoms. The molecular weight excluding hydrogens is 703 g/mol. The molecule has 4 aromatic rings. The van der Waals surface area contributed by atoms with Crippen LogP contribution in [0.5, 0.6) is 17.2 Å². The van der Waals surface area contributed by atoms with Crippen LogP contribution in [-0.4, -0.2) is 31.4 Å². The summed E-state index contributed by atoms with van der Waals surface area (Å²) < 4.78 is 25.3. The predicted octanol–water partition coefficient (Wildman–Crippen LogP) is 5.65. The van der Waals surface area contributed by atoms with Crippen LogP contribution < -0.4 is 29.1 Å². The Hall–Kier alpha value is -3.61. The second kappa shape index (κ2) is 13.4. The van der Waals surface area contributed by atoms with Crippen LogP contribution in [0.25, 0.3) is 6.08 Å². The summed E-state index contributed by atoms with van der Waals surface area (Å²) in [4.78, 5) is 32.2. The van der Waals surface area contributed by atoms with Gasteiger partial charge in [-0.05, 0) is 84.0 Å². The van der Waals surface area contributed by atoms with Gasteiger partial charge >= 0.3 is 5.97 Å². The molecule has 222 valence electrons. The summed E-state index contributed by atoms with van der Waals surface area (Å²) >= 11 is 9.74. The minimum atomic E-state index is -0.710. The van der Waals surface area contributed by atoms with Crippen molar-refractivity contribution >= 4 is 57.6 Å². The molecule has 1 aliphatic heterocycles. The van der Waals surface area contributed by atoms with Crippen LogP contribution in [0.3, 0.4) is 0 Å². The number of aromatic nitrogens is 1. The lowest BCUT2D eigenvalue weighted by atomic mass is 9.96. The van der Waals surface area contributed by atoms with Crippen molar-refractivity contribution < 1.29 is 23.7 Å². The van der Waals surface area contributed by atoms with Gasteiger partial charge in [-0.2, -0.15) is 0 Å². The molecule has 11 heteroatoms. The molecule has 0 aliphatic carbocycles. The molecule has 0 saturated carbocycles. The monoisotopic (exact) mass is 730 g/mol. The van der Waals surface area contributed by atoms with Gasteiger partial charge in [0.2, 0.25) is 0 Å². The van der Waals surface area contributed by atoms with E-state index in [0.717, 1.165) is 20.3 Å². The fourth-order valence-electron chi connectivity index (χ4n) is 4.77. The van der Waals surface area contributed by atoms with E-state index in [9.17, 15) is 9.59 Å². The first-order valence-corrected chi connectivity index (χ1v) is 15.6. The third-order valence-corrected chi connectivity index (χ3v) is 8.98. The first-order chi connectivity index (χ1) is 20.7. The molecule has 0 bridgehead atoms. The summed E-state index contributed by atoms with van der Waals surface area (Å²) in [5.41, 5.74) is 2.90. The van der Waals surface area contributed by atoms with Crippen molar-refractivity contribution in [2.24, 2.45) is 4.99 Å². The summed E-state index contributed by atoms with van der Waals surface area (Å²) in [6, 6.07) is 17.8. The number of hydrogen-bond donors (Lipinski definition) is 0. The Labute approximate surface area is 271 Å². The molecule has 1 aromatic heterocycles. The summed E-state index contributed by atoms with van der Waals surface area (Å²) in [5.74, 6) is 1.26. The topological polar surface area (TPSA) is 88.4 Å².